The summed E-state index contributed by atoms with van der Waals surface area (Å²) in [6.07, 6.45) is 1.84. The predicted octanol–water partition coefficient (Wildman–Crippen LogP) is 10.3. The van der Waals surface area contributed by atoms with E-state index in [-0.39, 0.29) is 31.3 Å². The zero-order valence-corrected chi connectivity index (χ0v) is 32.0. The number of methoxy groups -OCH3 is 2. The number of hydrogen-bond donors (Lipinski definition) is 0. The molecular weight excluding hydrogens is 727 g/mol. The Morgan fingerprint density at radius 1 is 0.686 bits per heavy atom. The maximum absolute atomic E-state index is 6.52. The fourth-order valence-corrected chi connectivity index (χ4v) is 6.70. The minimum Gasteiger partial charge on any atom is -0.509 e. The minimum atomic E-state index is -0.321. The van der Waals surface area contributed by atoms with Gasteiger partial charge in [0.15, 0.2) is 0 Å². The molecule has 3 aromatic heterocycles. The molecule has 0 saturated heterocycles. The number of nitrogens with zero attached hydrogens (tertiary/aromatic N) is 4. The Kier molecular flexibility index (Phi) is 9.63. The molecule has 7 nitrogen and oxygen atoms in total. The summed E-state index contributed by atoms with van der Waals surface area (Å²) in [7, 11) is 3.38. The third-order valence-corrected chi connectivity index (χ3v) is 8.87. The molecular formula is C43H42N4O3Pd. The van der Waals surface area contributed by atoms with Crippen molar-refractivity contribution in [2.45, 2.75) is 59.3 Å². The van der Waals surface area contributed by atoms with Crippen LogP contribution in [0.1, 0.15) is 58.5 Å². The number of pyridine rings is 1. The van der Waals surface area contributed by atoms with E-state index in [4.69, 9.17) is 24.3 Å². The molecule has 0 aliphatic rings. The van der Waals surface area contributed by atoms with E-state index in [2.05, 4.69) is 95.5 Å². The second-order valence-corrected chi connectivity index (χ2v) is 14.7. The smallest absolute Gasteiger partial charge is 0.509 e. The summed E-state index contributed by atoms with van der Waals surface area (Å²) in [4.78, 5) is 4.71. The fourth-order valence-electron chi connectivity index (χ4n) is 6.70. The number of aromatic nitrogens is 4. The topological polar surface area (TPSA) is 63.3 Å². The Bertz CT molecular complexity index is 2350. The molecule has 262 valence electrons. The van der Waals surface area contributed by atoms with Crippen molar-refractivity contribution in [3.63, 3.8) is 0 Å². The summed E-state index contributed by atoms with van der Waals surface area (Å²) in [6, 6.07) is 35.4. The molecule has 0 radical (unpaired) electrons. The van der Waals surface area contributed by atoms with Gasteiger partial charge in [-0.25, -0.2) is 4.98 Å². The summed E-state index contributed by atoms with van der Waals surface area (Å²) in [6.45, 7) is 15.2. The number of ether oxygens (including phenoxy) is 3. The largest absolute Gasteiger partial charge is 2.00 e. The Morgan fingerprint density at radius 2 is 1.37 bits per heavy atom. The van der Waals surface area contributed by atoms with Gasteiger partial charge < -0.3 is 18.8 Å². The average molecular weight is 769 g/mol. The van der Waals surface area contributed by atoms with Crippen LogP contribution < -0.4 is 14.2 Å². The SMILES string of the molecule is COc1cccc(OC)c1-c1c(C(C)(C)C)nn(-c2[c-]c(Oc3[c-]c4c(cc3)c3ccccc3n4-c3cc(C)ccn3)ccc2)c1C(C)(C)C.[Pd+2]. The van der Waals surface area contributed by atoms with Gasteiger partial charge in [-0.05, 0) is 53.9 Å². The van der Waals surface area contributed by atoms with Gasteiger partial charge in [0.1, 0.15) is 17.3 Å². The van der Waals surface area contributed by atoms with Crippen LogP contribution >= 0.6 is 0 Å². The Labute approximate surface area is 313 Å². The van der Waals surface area contributed by atoms with Gasteiger partial charge in [-0.3, -0.25) is 4.68 Å². The molecule has 8 heteroatoms. The number of para-hydroxylation sites is 1. The van der Waals surface area contributed by atoms with E-state index in [9.17, 15) is 0 Å². The molecule has 0 aliphatic heterocycles. The van der Waals surface area contributed by atoms with E-state index in [1.54, 1.807) is 14.2 Å². The fraction of sp³-hybridized carbons (Fsp3) is 0.256. The van der Waals surface area contributed by atoms with E-state index in [1.807, 2.05) is 65.5 Å². The van der Waals surface area contributed by atoms with E-state index >= 15 is 0 Å². The third-order valence-electron chi connectivity index (χ3n) is 8.87. The average Bonchev–Trinajstić information content (AvgIpc) is 3.65. The first-order valence-corrected chi connectivity index (χ1v) is 16.8. The molecule has 0 saturated carbocycles. The second-order valence-electron chi connectivity index (χ2n) is 14.7. The minimum absolute atomic E-state index is 0. The zero-order chi connectivity index (χ0) is 35.4. The van der Waals surface area contributed by atoms with Gasteiger partial charge in [-0.1, -0.05) is 71.3 Å². The normalized spacial score (nSPS) is 11.9. The van der Waals surface area contributed by atoms with Crippen LogP contribution in [0.2, 0.25) is 0 Å². The molecule has 0 spiro atoms. The molecule has 0 unspecified atom stereocenters. The van der Waals surface area contributed by atoms with Gasteiger partial charge in [-0.15, -0.1) is 35.7 Å². The molecule has 51 heavy (non-hydrogen) atoms. The number of aryl methyl sites for hydroxylation is 1. The van der Waals surface area contributed by atoms with E-state index in [0.29, 0.717) is 11.5 Å². The first-order chi connectivity index (χ1) is 23.9. The summed E-state index contributed by atoms with van der Waals surface area (Å²) in [5.41, 5.74) is 7.06. The molecule has 3 heterocycles. The van der Waals surface area contributed by atoms with Gasteiger partial charge in [0.25, 0.3) is 0 Å². The van der Waals surface area contributed by atoms with Crippen molar-refractivity contribution < 1.29 is 34.6 Å². The Morgan fingerprint density at radius 3 is 2.04 bits per heavy atom. The van der Waals surface area contributed by atoms with E-state index in [0.717, 1.165) is 72.9 Å². The number of fused-ring (bicyclic) bond motifs is 3. The van der Waals surface area contributed by atoms with Crippen molar-refractivity contribution in [3.8, 4) is 45.6 Å². The van der Waals surface area contributed by atoms with Crippen LogP contribution in [0.5, 0.6) is 23.0 Å². The summed E-state index contributed by atoms with van der Waals surface area (Å²) in [5, 5.41) is 7.52. The first kappa shape index (κ1) is 35.9. The van der Waals surface area contributed by atoms with Crippen molar-refractivity contribution in [2.24, 2.45) is 0 Å². The van der Waals surface area contributed by atoms with Crippen LogP contribution in [0.15, 0.2) is 91.1 Å². The molecule has 0 aliphatic carbocycles. The maximum atomic E-state index is 6.52. The van der Waals surface area contributed by atoms with E-state index in [1.165, 1.54) is 0 Å². The van der Waals surface area contributed by atoms with Crippen LogP contribution in [0.4, 0.5) is 0 Å². The predicted molar refractivity (Wildman–Crippen MR) is 201 cm³/mol. The maximum Gasteiger partial charge on any atom is 2.00 e. The van der Waals surface area contributed by atoms with Crippen molar-refractivity contribution in [1.29, 1.82) is 0 Å². The van der Waals surface area contributed by atoms with Crippen LogP contribution in [0.3, 0.4) is 0 Å². The van der Waals surface area contributed by atoms with Gasteiger partial charge >= 0.3 is 20.4 Å². The van der Waals surface area contributed by atoms with Crippen molar-refractivity contribution in [2.75, 3.05) is 14.2 Å². The molecule has 0 bridgehead atoms. The van der Waals surface area contributed by atoms with Crippen molar-refractivity contribution in [3.05, 3.63) is 120 Å². The molecule has 0 atom stereocenters. The summed E-state index contributed by atoms with van der Waals surface area (Å²) < 4.78 is 22.5. The Hall–Kier alpha value is -4.90. The molecule has 7 rings (SSSR count). The van der Waals surface area contributed by atoms with Gasteiger partial charge in [0.2, 0.25) is 0 Å². The van der Waals surface area contributed by atoms with Crippen LogP contribution in [0.25, 0.3) is 44.4 Å². The first-order valence-electron chi connectivity index (χ1n) is 16.8. The standard InChI is InChI=1S/C43H42N4O3.Pd/c1-27-22-23-44-37(24-27)46-33-17-11-10-16-31(33)32-21-20-30(26-34(32)46)50-29-15-12-14-28(25-29)47-41(43(5,6)7)39(40(45-47)42(2,3)4)38-35(48-8)18-13-19-36(38)49-9;/h10-24H,1-9H3;/q-2;+2. The third kappa shape index (κ3) is 6.55. The molecule has 0 amide bonds. The quantitative estimate of drug-likeness (QED) is 0.119. The van der Waals surface area contributed by atoms with Gasteiger partial charge in [0.05, 0.1) is 31.2 Å². The number of rotatable bonds is 7. The molecule has 4 aromatic carbocycles. The zero-order valence-electron chi connectivity index (χ0n) is 30.5. The van der Waals surface area contributed by atoms with Crippen molar-refractivity contribution in [1.82, 2.24) is 19.3 Å². The molecule has 0 N–H and O–H groups in total. The van der Waals surface area contributed by atoms with Gasteiger partial charge in [0, 0.05) is 39.6 Å². The number of hydrogen-bond acceptors (Lipinski definition) is 5. The molecule has 7 aromatic rings. The van der Waals surface area contributed by atoms with Crippen LogP contribution in [-0.2, 0) is 31.3 Å². The molecule has 0 fully saturated rings. The van der Waals surface area contributed by atoms with Gasteiger partial charge in [-0.2, -0.15) is 17.2 Å². The second kappa shape index (κ2) is 13.7. The summed E-state index contributed by atoms with van der Waals surface area (Å²) >= 11 is 0. The summed E-state index contributed by atoms with van der Waals surface area (Å²) in [5.74, 6) is 3.42. The van der Waals surface area contributed by atoms with Crippen LogP contribution in [-0.4, -0.2) is 33.6 Å². The van der Waals surface area contributed by atoms with Crippen LogP contribution in [0, 0.1) is 19.1 Å². The van der Waals surface area contributed by atoms with Crippen molar-refractivity contribution >= 4 is 21.8 Å². The Balaban J connectivity index is 0.00000448. The monoisotopic (exact) mass is 768 g/mol. The van der Waals surface area contributed by atoms with E-state index < -0.39 is 0 Å². The number of benzene rings is 4.